The Morgan fingerprint density at radius 3 is 3.11 bits per heavy atom. The van der Waals surface area contributed by atoms with Crippen LogP contribution >= 0.6 is 11.8 Å². The van der Waals surface area contributed by atoms with Crippen LogP contribution in [0.4, 0.5) is 0 Å². The third-order valence-corrected chi connectivity index (χ3v) is 4.12. The Labute approximate surface area is 110 Å². The molecule has 0 spiro atoms. The Kier molecular flexibility index (Phi) is 2.95. The normalized spacial score (nSPS) is 22.3. The molecule has 0 radical (unpaired) electrons. The van der Waals surface area contributed by atoms with E-state index in [1.165, 1.54) is 0 Å². The molecule has 0 saturated carbocycles. The van der Waals surface area contributed by atoms with Gasteiger partial charge in [-0.15, -0.1) is 0 Å². The number of nitrogens with one attached hydrogen (secondary N) is 1. The van der Waals surface area contributed by atoms with Gasteiger partial charge in [0.2, 0.25) is 0 Å². The fourth-order valence-corrected chi connectivity index (χ4v) is 2.67. The Hall–Kier alpha value is -1.20. The first-order valence-corrected chi connectivity index (χ1v) is 7.06. The molecule has 0 amide bonds. The van der Waals surface area contributed by atoms with Crippen LogP contribution in [0.5, 0.6) is 5.75 Å². The highest BCUT2D eigenvalue weighted by Crippen LogP contribution is 2.33. The molecule has 1 N–H and O–H groups in total. The highest BCUT2D eigenvalue weighted by molar-refractivity contribution is 7.99. The topological polar surface area (TPSA) is 50.4 Å². The molecule has 2 heterocycles. The van der Waals surface area contributed by atoms with E-state index in [1.807, 2.05) is 25.1 Å². The van der Waals surface area contributed by atoms with Crippen LogP contribution in [-0.4, -0.2) is 34.5 Å². The van der Waals surface area contributed by atoms with Crippen molar-refractivity contribution in [2.45, 2.75) is 24.6 Å². The lowest BCUT2D eigenvalue weighted by molar-refractivity contribution is 0.340. The van der Waals surface area contributed by atoms with Gasteiger partial charge < -0.3 is 14.5 Å². The summed E-state index contributed by atoms with van der Waals surface area (Å²) in [5.74, 6) is 1.81. The molecule has 0 bridgehead atoms. The second-order valence-electron chi connectivity index (χ2n) is 4.68. The van der Waals surface area contributed by atoms with Crippen molar-refractivity contribution in [3.05, 3.63) is 18.2 Å². The van der Waals surface area contributed by atoms with E-state index >= 15 is 0 Å². The zero-order valence-electron chi connectivity index (χ0n) is 10.5. The second kappa shape index (κ2) is 4.48. The van der Waals surface area contributed by atoms with E-state index in [1.54, 1.807) is 11.8 Å². The summed E-state index contributed by atoms with van der Waals surface area (Å²) in [6, 6.07) is 5.92. The number of thioether (sulfide) groups is 1. The van der Waals surface area contributed by atoms with Gasteiger partial charge in [-0.3, -0.25) is 0 Å². The molecule has 1 saturated heterocycles. The van der Waals surface area contributed by atoms with Crippen LogP contribution in [0.3, 0.4) is 0 Å². The molecule has 4 nitrogen and oxygen atoms in total. The van der Waals surface area contributed by atoms with E-state index in [4.69, 9.17) is 9.47 Å². The maximum atomic E-state index is 5.47. The van der Waals surface area contributed by atoms with Gasteiger partial charge in [0.15, 0.2) is 5.16 Å². The van der Waals surface area contributed by atoms with E-state index in [0.717, 1.165) is 34.3 Å². The number of hydrogen-bond acceptors (Lipinski definition) is 4. The van der Waals surface area contributed by atoms with Gasteiger partial charge in [0, 0.05) is 11.8 Å². The number of nitrogens with zero attached hydrogens (tertiary/aromatic N) is 1. The van der Waals surface area contributed by atoms with Gasteiger partial charge in [0.1, 0.15) is 5.75 Å². The largest absolute Gasteiger partial charge is 0.494 e. The highest BCUT2D eigenvalue weighted by Gasteiger charge is 2.39. The molecule has 1 aromatic heterocycles. The fourth-order valence-electron chi connectivity index (χ4n) is 1.72. The summed E-state index contributed by atoms with van der Waals surface area (Å²) in [5, 5.41) is 0.940. The summed E-state index contributed by atoms with van der Waals surface area (Å²) in [6.07, 6.45) is 0. The van der Waals surface area contributed by atoms with Crippen LogP contribution < -0.4 is 4.74 Å². The zero-order valence-corrected chi connectivity index (χ0v) is 11.3. The molecule has 18 heavy (non-hydrogen) atoms. The lowest BCUT2D eigenvalue weighted by atomic mass is 10.3. The van der Waals surface area contributed by atoms with Crippen LogP contribution in [0.15, 0.2) is 23.4 Å². The molecular weight excluding hydrogens is 248 g/mol. The van der Waals surface area contributed by atoms with Crippen LogP contribution in [-0.2, 0) is 4.74 Å². The van der Waals surface area contributed by atoms with Crippen molar-refractivity contribution in [3.8, 4) is 5.75 Å². The maximum absolute atomic E-state index is 5.47. The van der Waals surface area contributed by atoms with Gasteiger partial charge in [-0.1, -0.05) is 11.8 Å². The number of hydrogen-bond donors (Lipinski definition) is 1. The molecule has 0 aliphatic carbocycles. The SMILES string of the molecule is CCOc1ccc2nc(SCC3(C)CO3)[nH]c2c1. The minimum Gasteiger partial charge on any atom is -0.494 e. The van der Waals surface area contributed by atoms with Gasteiger partial charge >= 0.3 is 0 Å². The number of fused-ring (bicyclic) bond motifs is 1. The monoisotopic (exact) mass is 264 g/mol. The van der Waals surface area contributed by atoms with Crippen LogP contribution in [0.1, 0.15) is 13.8 Å². The van der Waals surface area contributed by atoms with Gasteiger partial charge in [0.25, 0.3) is 0 Å². The van der Waals surface area contributed by atoms with Crippen molar-refractivity contribution < 1.29 is 9.47 Å². The number of aromatic amines is 1. The molecule has 1 aliphatic rings. The minimum absolute atomic E-state index is 0.0557. The Bertz CT molecular complexity index is 563. The Morgan fingerprint density at radius 1 is 1.56 bits per heavy atom. The first-order chi connectivity index (χ1) is 8.68. The molecule has 2 aromatic rings. The first-order valence-electron chi connectivity index (χ1n) is 6.08. The summed E-state index contributed by atoms with van der Waals surface area (Å²) in [6.45, 7) is 5.64. The predicted molar refractivity (Wildman–Crippen MR) is 72.3 cm³/mol. The molecule has 1 fully saturated rings. The first kappa shape index (κ1) is 11.9. The van der Waals surface area contributed by atoms with Crippen LogP contribution in [0.25, 0.3) is 11.0 Å². The maximum Gasteiger partial charge on any atom is 0.166 e. The number of ether oxygens (including phenoxy) is 2. The van der Waals surface area contributed by atoms with E-state index in [9.17, 15) is 0 Å². The van der Waals surface area contributed by atoms with Crippen LogP contribution in [0, 0.1) is 0 Å². The number of epoxide rings is 1. The van der Waals surface area contributed by atoms with Crippen molar-refractivity contribution in [2.24, 2.45) is 0 Å². The number of benzene rings is 1. The minimum atomic E-state index is 0.0557. The standard InChI is InChI=1S/C13H16N2O2S/c1-3-16-9-4-5-10-11(6-9)15-12(14-10)18-8-13(2)7-17-13/h4-6H,3,7-8H2,1-2H3,(H,14,15). The predicted octanol–water partition coefficient (Wildman–Crippen LogP) is 2.84. The second-order valence-corrected chi connectivity index (χ2v) is 5.65. The van der Waals surface area contributed by atoms with Crippen molar-refractivity contribution in [1.29, 1.82) is 0 Å². The summed E-state index contributed by atoms with van der Waals surface area (Å²) < 4.78 is 10.8. The number of H-pyrrole nitrogens is 1. The van der Waals surface area contributed by atoms with E-state index < -0.39 is 0 Å². The number of aromatic nitrogens is 2. The molecule has 1 unspecified atom stereocenters. The lowest BCUT2D eigenvalue weighted by Gasteiger charge is -2.01. The number of rotatable bonds is 5. The average Bonchev–Trinajstić information content (AvgIpc) is 2.95. The quantitative estimate of drug-likeness (QED) is 0.666. The summed E-state index contributed by atoms with van der Waals surface area (Å²) in [5.41, 5.74) is 2.05. The lowest BCUT2D eigenvalue weighted by Crippen LogP contribution is -2.07. The highest BCUT2D eigenvalue weighted by atomic mass is 32.2. The van der Waals surface area contributed by atoms with E-state index in [0.29, 0.717) is 6.61 Å². The van der Waals surface area contributed by atoms with Crippen molar-refractivity contribution in [2.75, 3.05) is 19.0 Å². The van der Waals surface area contributed by atoms with E-state index in [2.05, 4.69) is 16.9 Å². The smallest absolute Gasteiger partial charge is 0.166 e. The Morgan fingerprint density at radius 2 is 2.39 bits per heavy atom. The molecular formula is C13H16N2O2S. The summed E-state index contributed by atoms with van der Waals surface area (Å²) in [7, 11) is 0. The number of imidazole rings is 1. The molecule has 96 valence electrons. The zero-order chi connectivity index (χ0) is 12.6. The van der Waals surface area contributed by atoms with Gasteiger partial charge in [0.05, 0.1) is 29.8 Å². The molecule has 1 aromatic carbocycles. The van der Waals surface area contributed by atoms with E-state index in [-0.39, 0.29) is 5.60 Å². The van der Waals surface area contributed by atoms with Crippen molar-refractivity contribution in [1.82, 2.24) is 9.97 Å². The molecule has 1 atom stereocenters. The van der Waals surface area contributed by atoms with Crippen molar-refractivity contribution >= 4 is 22.8 Å². The van der Waals surface area contributed by atoms with Gasteiger partial charge in [-0.2, -0.15) is 0 Å². The van der Waals surface area contributed by atoms with Gasteiger partial charge in [-0.05, 0) is 26.0 Å². The Balaban J connectivity index is 1.77. The third kappa shape index (κ3) is 2.47. The molecule has 1 aliphatic heterocycles. The molecule has 3 rings (SSSR count). The summed E-state index contributed by atoms with van der Waals surface area (Å²) >= 11 is 1.70. The summed E-state index contributed by atoms with van der Waals surface area (Å²) in [4.78, 5) is 7.85. The third-order valence-electron chi connectivity index (χ3n) is 2.89. The molecule has 5 heteroatoms. The van der Waals surface area contributed by atoms with Gasteiger partial charge in [-0.25, -0.2) is 4.98 Å². The van der Waals surface area contributed by atoms with Crippen molar-refractivity contribution in [3.63, 3.8) is 0 Å². The fraction of sp³-hybridized carbons (Fsp3) is 0.462. The average molecular weight is 264 g/mol. The van der Waals surface area contributed by atoms with Crippen LogP contribution in [0.2, 0.25) is 0 Å².